The van der Waals surface area contributed by atoms with Crippen LogP contribution in [0.4, 0.5) is 41.7 Å². The van der Waals surface area contributed by atoms with Gasteiger partial charge in [-0.3, -0.25) is 0 Å². The van der Waals surface area contributed by atoms with Crippen molar-refractivity contribution in [1.29, 1.82) is 0 Å². The first-order valence-electron chi connectivity index (χ1n) is 12.3. The van der Waals surface area contributed by atoms with Gasteiger partial charge in [0.25, 0.3) is 0 Å². The van der Waals surface area contributed by atoms with Crippen molar-refractivity contribution in [2.24, 2.45) is 0 Å². The molecule has 0 unspecified atom stereocenters. The van der Waals surface area contributed by atoms with E-state index < -0.39 is 11.7 Å². The molecule has 5 rings (SSSR count). The van der Waals surface area contributed by atoms with Gasteiger partial charge in [-0.05, 0) is 49.6 Å². The summed E-state index contributed by atoms with van der Waals surface area (Å²) in [6, 6.07) is 15.7. The van der Waals surface area contributed by atoms with E-state index in [2.05, 4.69) is 30.5 Å². The molecular weight excluding hydrogens is 493 g/mol. The van der Waals surface area contributed by atoms with Crippen molar-refractivity contribution in [2.75, 3.05) is 35.7 Å². The Labute approximate surface area is 218 Å². The normalized spacial score (nSPS) is 13.7. The molecule has 0 saturated carbocycles. The van der Waals surface area contributed by atoms with Gasteiger partial charge in [0, 0.05) is 60.8 Å². The number of ether oxygens (including phenoxy) is 1. The summed E-state index contributed by atoms with van der Waals surface area (Å²) in [7, 11) is 1.57. The Hall–Kier alpha value is -4.34. The summed E-state index contributed by atoms with van der Waals surface area (Å²) in [5.41, 5.74) is 1.62. The van der Waals surface area contributed by atoms with Crippen molar-refractivity contribution < 1.29 is 17.9 Å². The highest BCUT2D eigenvalue weighted by Crippen LogP contribution is 2.39. The smallest absolute Gasteiger partial charge is 0.419 e. The van der Waals surface area contributed by atoms with Crippen molar-refractivity contribution in [2.45, 2.75) is 25.4 Å². The molecule has 2 N–H and O–H groups in total. The molecule has 10 heteroatoms. The van der Waals surface area contributed by atoms with E-state index in [-0.39, 0.29) is 11.5 Å². The standard InChI is InChI=1S/C28H27F3N6O/c1-38-25-16-19(37-14-5-2-6-15-37)10-11-23(25)36-26-17-24(21(18-34-26)28(29,30)31)35-22-9-4-3-8-20(22)27-32-12-7-13-33-27/h3-4,7-13,16-18H,2,5-6,14-15H2,1H3,(H2,34,35,36). The first kappa shape index (κ1) is 25.3. The maximum atomic E-state index is 13.9. The highest BCUT2D eigenvalue weighted by molar-refractivity contribution is 5.80. The highest BCUT2D eigenvalue weighted by atomic mass is 19.4. The number of aromatic nitrogens is 3. The molecule has 3 heterocycles. The van der Waals surface area contributed by atoms with E-state index in [1.165, 1.54) is 12.5 Å². The minimum Gasteiger partial charge on any atom is -0.494 e. The molecule has 196 valence electrons. The SMILES string of the molecule is COc1cc(N2CCCCC2)ccc1Nc1cc(Nc2ccccc2-c2ncccn2)c(C(F)(F)F)cn1. The van der Waals surface area contributed by atoms with Gasteiger partial charge < -0.3 is 20.3 Å². The fourth-order valence-corrected chi connectivity index (χ4v) is 4.49. The van der Waals surface area contributed by atoms with Crippen molar-refractivity contribution in [3.8, 4) is 17.1 Å². The number of nitrogens with zero attached hydrogens (tertiary/aromatic N) is 4. The molecule has 38 heavy (non-hydrogen) atoms. The van der Waals surface area contributed by atoms with Gasteiger partial charge in [0.2, 0.25) is 0 Å². The van der Waals surface area contributed by atoms with Crippen molar-refractivity contribution in [3.05, 3.63) is 78.8 Å². The third-order valence-electron chi connectivity index (χ3n) is 6.38. The first-order valence-corrected chi connectivity index (χ1v) is 12.3. The number of nitrogens with one attached hydrogen (secondary N) is 2. The summed E-state index contributed by atoms with van der Waals surface area (Å²) in [5.74, 6) is 1.21. The van der Waals surface area contributed by atoms with Gasteiger partial charge in [0.05, 0.1) is 24.0 Å². The number of anilines is 5. The lowest BCUT2D eigenvalue weighted by Gasteiger charge is -2.29. The number of piperidine rings is 1. The third kappa shape index (κ3) is 5.64. The number of methoxy groups -OCH3 is 1. The molecule has 2 aromatic heterocycles. The molecule has 0 bridgehead atoms. The number of benzene rings is 2. The van der Waals surface area contributed by atoms with Crippen molar-refractivity contribution in [1.82, 2.24) is 15.0 Å². The number of hydrogen-bond donors (Lipinski definition) is 2. The van der Waals surface area contributed by atoms with Gasteiger partial charge in [0.15, 0.2) is 5.82 Å². The zero-order valence-corrected chi connectivity index (χ0v) is 20.8. The van der Waals surface area contributed by atoms with E-state index in [9.17, 15) is 13.2 Å². The topological polar surface area (TPSA) is 75.2 Å². The zero-order chi connectivity index (χ0) is 26.5. The molecule has 1 aliphatic heterocycles. The lowest BCUT2D eigenvalue weighted by atomic mass is 10.1. The fourth-order valence-electron chi connectivity index (χ4n) is 4.49. The molecule has 0 spiro atoms. The second-order valence-electron chi connectivity index (χ2n) is 8.91. The number of hydrogen-bond acceptors (Lipinski definition) is 7. The van der Waals surface area contributed by atoms with Crippen LogP contribution >= 0.6 is 0 Å². The van der Waals surface area contributed by atoms with Gasteiger partial charge in [0.1, 0.15) is 11.6 Å². The highest BCUT2D eigenvalue weighted by Gasteiger charge is 2.34. The second kappa shape index (κ2) is 11.0. The van der Waals surface area contributed by atoms with E-state index >= 15 is 0 Å². The van der Waals surface area contributed by atoms with Gasteiger partial charge >= 0.3 is 6.18 Å². The van der Waals surface area contributed by atoms with Crippen molar-refractivity contribution >= 4 is 28.6 Å². The Morgan fingerprint density at radius 2 is 1.58 bits per heavy atom. The maximum absolute atomic E-state index is 13.9. The molecule has 0 aliphatic carbocycles. The molecule has 0 radical (unpaired) electrons. The van der Waals surface area contributed by atoms with Crippen LogP contribution in [0.15, 0.2) is 73.2 Å². The summed E-state index contributed by atoms with van der Waals surface area (Å²) in [5, 5.41) is 6.05. The Morgan fingerprint density at radius 1 is 0.816 bits per heavy atom. The third-order valence-corrected chi connectivity index (χ3v) is 6.38. The van der Waals surface area contributed by atoms with Crippen LogP contribution in [-0.2, 0) is 6.18 Å². The lowest BCUT2D eigenvalue weighted by Crippen LogP contribution is -2.29. The molecule has 7 nitrogen and oxygen atoms in total. The number of pyridine rings is 1. The summed E-state index contributed by atoms with van der Waals surface area (Å²) in [6.45, 7) is 1.97. The quantitative estimate of drug-likeness (QED) is 0.271. The van der Waals surface area contributed by atoms with Crippen LogP contribution in [-0.4, -0.2) is 35.2 Å². The minimum absolute atomic E-state index is 0.151. The number of para-hydroxylation sites is 1. The lowest BCUT2D eigenvalue weighted by molar-refractivity contribution is -0.137. The predicted octanol–water partition coefficient (Wildman–Crippen LogP) is 7.04. The average molecular weight is 521 g/mol. The van der Waals surface area contributed by atoms with Crippen LogP contribution < -0.4 is 20.3 Å². The second-order valence-corrected chi connectivity index (χ2v) is 8.91. The number of halogens is 3. The molecule has 1 fully saturated rings. The minimum atomic E-state index is -4.61. The van der Waals surface area contributed by atoms with Crippen molar-refractivity contribution in [3.63, 3.8) is 0 Å². The Bertz CT molecular complexity index is 1390. The van der Waals surface area contributed by atoms with E-state index in [1.807, 2.05) is 18.2 Å². The van der Waals surface area contributed by atoms with Gasteiger partial charge in [-0.25, -0.2) is 15.0 Å². The first-order chi connectivity index (χ1) is 18.4. The van der Waals surface area contributed by atoms with E-state index in [1.54, 1.807) is 49.8 Å². The molecule has 0 amide bonds. The Kier molecular flexibility index (Phi) is 7.30. The van der Waals surface area contributed by atoms with Crippen LogP contribution in [0, 0.1) is 0 Å². The Morgan fingerprint density at radius 3 is 2.32 bits per heavy atom. The molecule has 1 saturated heterocycles. The summed E-state index contributed by atoms with van der Waals surface area (Å²) in [6.07, 6.45) is 2.89. The van der Waals surface area contributed by atoms with Crippen LogP contribution in [0.3, 0.4) is 0 Å². The summed E-state index contributed by atoms with van der Waals surface area (Å²) >= 11 is 0. The molecule has 2 aromatic carbocycles. The van der Waals surface area contributed by atoms with Crippen LogP contribution in [0.25, 0.3) is 11.4 Å². The van der Waals surface area contributed by atoms with Crippen LogP contribution in [0.1, 0.15) is 24.8 Å². The van der Waals surface area contributed by atoms with Gasteiger partial charge in [-0.2, -0.15) is 13.2 Å². The predicted molar refractivity (Wildman–Crippen MR) is 142 cm³/mol. The van der Waals surface area contributed by atoms with Gasteiger partial charge in [-0.15, -0.1) is 0 Å². The zero-order valence-electron chi connectivity index (χ0n) is 20.8. The number of alkyl halides is 3. The average Bonchev–Trinajstić information content (AvgIpc) is 2.94. The maximum Gasteiger partial charge on any atom is 0.419 e. The van der Waals surface area contributed by atoms with E-state index in [4.69, 9.17) is 4.74 Å². The monoisotopic (exact) mass is 520 g/mol. The number of rotatable bonds is 7. The van der Waals surface area contributed by atoms with Crippen LogP contribution in [0.5, 0.6) is 5.75 Å². The fraction of sp³-hybridized carbons (Fsp3) is 0.250. The van der Waals surface area contributed by atoms with E-state index in [0.29, 0.717) is 28.5 Å². The Balaban J connectivity index is 1.47. The van der Waals surface area contributed by atoms with Gasteiger partial charge in [-0.1, -0.05) is 12.1 Å². The summed E-state index contributed by atoms with van der Waals surface area (Å²) in [4.78, 5) is 14.8. The molecule has 1 aliphatic rings. The molecule has 0 atom stereocenters. The largest absolute Gasteiger partial charge is 0.494 e. The summed E-state index contributed by atoms with van der Waals surface area (Å²) < 4.78 is 47.4. The van der Waals surface area contributed by atoms with Crippen LogP contribution in [0.2, 0.25) is 0 Å². The molecular formula is C28H27F3N6O. The van der Waals surface area contributed by atoms with E-state index in [0.717, 1.165) is 37.8 Å². The molecule has 4 aromatic rings.